The first-order valence-electron chi connectivity index (χ1n) is 3.09. The van der Waals surface area contributed by atoms with Crippen molar-refractivity contribution in [3.63, 3.8) is 0 Å². The van der Waals surface area contributed by atoms with Gasteiger partial charge in [0.05, 0.1) is 17.8 Å². The van der Waals surface area contributed by atoms with E-state index < -0.39 is 9.05 Å². The van der Waals surface area contributed by atoms with Crippen LogP contribution in [0.1, 0.15) is 0 Å². The number of hydrogen-bond acceptors (Lipinski definition) is 4. The summed E-state index contributed by atoms with van der Waals surface area (Å²) < 4.78 is 27.3. The van der Waals surface area contributed by atoms with E-state index in [1.54, 1.807) is 0 Å². The highest BCUT2D eigenvalue weighted by atomic mass is 79.9. The molecular formula is C6H5BrClNO3S. The minimum atomic E-state index is -3.81. The summed E-state index contributed by atoms with van der Waals surface area (Å²) in [5, 5.41) is 0. The number of methoxy groups -OCH3 is 1. The normalized spacial score (nSPS) is 11.3. The van der Waals surface area contributed by atoms with E-state index in [1.165, 1.54) is 13.3 Å². The van der Waals surface area contributed by atoms with Crippen LogP contribution in [0.25, 0.3) is 0 Å². The average Bonchev–Trinajstić information content (AvgIpc) is 2.02. The van der Waals surface area contributed by atoms with Gasteiger partial charge in [0.15, 0.2) is 5.75 Å². The second kappa shape index (κ2) is 3.81. The van der Waals surface area contributed by atoms with Gasteiger partial charge in [0.1, 0.15) is 4.90 Å². The molecule has 0 N–H and O–H groups in total. The molecule has 0 fully saturated rings. The molecule has 1 heterocycles. The molecular weight excluding hydrogens is 281 g/mol. The van der Waals surface area contributed by atoms with Crippen LogP contribution < -0.4 is 4.74 Å². The van der Waals surface area contributed by atoms with Crippen molar-refractivity contribution >= 4 is 35.7 Å². The summed E-state index contributed by atoms with van der Waals surface area (Å²) in [5.74, 6) is 0.157. The fourth-order valence-corrected chi connectivity index (χ4v) is 2.33. The maximum atomic E-state index is 11.0. The number of nitrogens with zero attached hydrogens (tertiary/aromatic N) is 1. The van der Waals surface area contributed by atoms with Gasteiger partial charge in [0, 0.05) is 16.9 Å². The van der Waals surface area contributed by atoms with E-state index in [0.717, 1.165) is 6.20 Å². The van der Waals surface area contributed by atoms with E-state index in [1.807, 2.05) is 0 Å². The molecule has 72 valence electrons. The van der Waals surface area contributed by atoms with Crippen molar-refractivity contribution < 1.29 is 13.2 Å². The monoisotopic (exact) mass is 285 g/mol. The van der Waals surface area contributed by atoms with E-state index in [2.05, 4.69) is 20.9 Å². The van der Waals surface area contributed by atoms with Crippen LogP contribution in [0, 0.1) is 0 Å². The summed E-state index contributed by atoms with van der Waals surface area (Å²) in [6.45, 7) is 0. The van der Waals surface area contributed by atoms with Crippen molar-refractivity contribution in [2.45, 2.75) is 4.90 Å². The molecule has 0 bridgehead atoms. The molecule has 1 rings (SSSR count). The van der Waals surface area contributed by atoms with Crippen molar-refractivity contribution in [3.8, 4) is 5.75 Å². The smallest absolute Gasteiger partial charge is 0.266 e. The minimum absolute atomic E-state index is 0.147. The Morgan fingerprint density at radius 2 is 2.15 bits per heavy atom. The number of ether oxygens (including phenoxy) is 1. The van der Waals surface area contributed by atoms with Gasteiger partial charge in [-0.15, -0.1) is 0 Å². The zero-order chi connectivity index (χ0) is 10.1. The second-order valence-corrected chi connectivity index (χ2v) is 5.48. The highest BCUT2D eigenvalue weighted by Crippen LogP contribution is 2.32. The summed E-state index contributed by atoms with van der Waals surface area (Å²) >= 11 is 3.09. The van der Waals surface area contributed by atoms with E-state index in [-0.39, 0.29) is 10.6 Å². The molecule has 0 aliphatic heterocycles. The van der Waals surface area contributed by atoms with Crippen LogP contribution >= 0.6 is 26.6 Å². The SMILES string of the molecule is COc1c(Br)cncc1S(=O)(=O)Cl. The third kappa shape index (κ3) is 2.32. The van der Waals surface area contributed by atoms with Gasteiger partial charge in [-0.2, -0.15) is 0 Å². The first-order valence-corrected chi connectivity index (χ1v) is 6.19. The predicted molar refractivity (Wildman–Crippen MR) is 51.5 cm³/mol. The first-order chi connectivity index (χ1) is 5.96. The quantitative estimate of drug-likeness (QED) is 0.778. The first kappa shape index (κ1) is 10.7. The standard InChI is InChI=1S/C6H5BrClNO3S/c1-12-6-4(7)2-9-3-5(6)13(8,10)11/h2-3H,1H3. The number of aromatic nitrogens is 1. The summed E-state index contributed by atoms with van der Waals surface area (Å²) in [7, 11) is 2.69. The lowest BCUT2D eigenvalue weighted by molar-refractivity contribution is 0.399. The molecule has 0 saturated carbocycles. The number of halogens is 2. The molecule has 7 heteroatoms. The lowest BCUT2D eigenvalue weighted by atomic mass is 10.4. The van der Waals surface area contributed by atoms with E-state index in [9.17, 15) is 8.42 Å². The Kier molecular flexibility index (Phi) is 3.15. The third-order valence-corrected chi connectivity index (χ3v) is 3.17. The molecule has 13 heavy (non-hydrogen) atoms. The summed E-state index contributed by atoms with van der Waals surface area (Å²) in [5.41, 5.74) is 0. The molecule has 0 unspecified atom stereocenters. The molecule has 0 atom stereocenters. The molecule has 0 aliphatic carbocycles. The van der Waals surface area contributed by atoms with Crippen LogP contribution in [0.15, 0.2) is 21.8 Å². The van der Waals surface area contributed by atoms with Gasteiger partial charge in [-0.1, -0.05) is 0 Å². The lowest BCUT2D eigenvalue weighted by Crippen LogP contribution is -1.97. The van der Waals surface area contributed by atoms with Crippen molar-refractivity contribution in [2.24, 2.45) is 0 Å². The Morgan fingerprint density at radius 3 is 2.54 bits per heavy atom. The van der Waals surface area contributed by atoms with Gasteiger partial charge in [0.25, 0.3) is 9.05 Å². The van der Waals surface area contributed by atoms with Gasteiger partial charge in [-0.3, -0.25) is 4.98 Å². The summed E-state index contributed by atoms with van der Waals surface area (Å²) in [6, 6.07) is 0. The van der Waals surface area contributed by atoms with Gasteiger partial charge in [-0.05, 0) is 15.9 Å². The van der Waals surface area contributed by atoms with Gasteiger partial charge < -0.3 is 4.74 Å². The molecule has 0 amide bonds. The van der Waals surface area contributed by atoms with Gasteiger partial charge in [-0.25, -0.2) is 8.42 Å². The zero-order valence-corrected chi connectivity index (χ0v) is 9.65. The topological polar surface area (TPSA) is 56.3 Å². The third-order valence-electron chi connectivity index (χ3n) is 1.29. The van der Waals surface area contributed by atoms with Crippen LogP contribution in [0.3, 0.4) is 0 Å². The van der Waals surface area contributed by atoms with E-state index in [4.69, 9.17) is 15.4 Å². The molecule has 1 aromatic rings. The largest absolute Gasteiger partial charge is 0.494 e. The predicted octanol–water partition coefficient (Wildman–Crippen LogP) is 1.78. The fourth-order valence-electron chi connectivity index (χ4n) is 0.777. The zero-order valence-electron chi connectivity index (χ0n) is 6.49. The Balaban J connectivity index is 3.47. The molecule has 0 radical (unpaired) electrons. The highest BCUT2D eigenvalue weighted by Gasteiger charge is 2.18. The summed E-state index contributed by atoms with van der Waals surface area (Å²) in [6.07, 6.45) is 2.55. The van der Waals surface area contributed by atoms with Crippen molar-refractivity contribution in [1.29, 1.82) is 0 Å². The Morgan fingerprint density at radius 1 is 1.54 bits per heavy atom. The van der Waals surface area contributed by atoms with Crippen molar-refractivity contribution in [1.82, 2.24) is 4.98 Å². The number of rotatable bonds is 2. The molecule has 1 aromatic heterocycles. The Hall–Kier alpha value is -0.330. The highest BCUT2D eigenvalue weighted by molar-refractivity contribution is 9.10. The van der Waals surface area contributed by atoms with Crippen LogP contribution in [0.2, 0.25) is 0 Å². The molecule has 0 aliphatic rings. The van der Waals surface area contributed by atoms with E-state index >= 15 is 0 Å². The van der Waals surface area contributed by atoms with Crippen molar-refractivity contribution in [2.75, 3.05) is 7.11 Å². The second-order valence-electron chi connectivity index (χ2n) is 2.09. The fraction of sp³-hybridized carbons (Fsp3) is 0.167. The van der Waals surface area contributed by atoms with Crippen LogP contribution in [0.5, 0.6) is 5.75 Å². The maximum absolute atomic E-state index is 11.0. The molecule has 4 nitrogen and oxygen atoms in total. The summed E-state index contributed by atoms with van der Waals surface area (Å²) in [4.78, 5) is 3.52. The van der Waals surface area contributed by atoms with Crippen LogP contribution in [0.4, 0.5) is 0 Å². The maximum Gasteiger partial charge on any atom is 0.266 e. The van der Waals surface area contributed by atoms with Crippen LogP contribution in [-0.2, 0) is 9.05 Å². The Labute approximate surface area is 88.4 Å². The Bertz CT molecular complexity index is 420. The molecule has 0 aromatic carbocycles. The lowest BCUT2D eigenvalue weighted by Gasteiger charge is -2.05. The average molecular weight is 287 g/mol. The molecule has 0 spiro atoms. The minimum Gasteiger partial charge on any atom is -0.494 e. The number of hydrogen-bond donors (Lipinski definition) is 0. The van der Waals surface area contributed by atoms with Gasteiger partial charge in [0.2, 0.25) is 0 Å². The van der Waals surface area contributed by atoms with Crippen molar-refractivity contribution in [3.05, 3.63) is 16.9 Å². The van der Waals surface area contributed by atoms with E-state index in [0.29, 0.717) is 4.47 Å². The van der Waals surface area contributed by atoms with Gasteiger partial charge >= 0.3 is 0 Å². The molecule has 0 saturated heterocycles. The number of pyridine rings is 1. The van der Waals surface area contributed by atoms with Crippen LogP contribution in [-0.4, -0.2) is 20.5 Å².